The number of hydrogen-bond acceptors (Lipinski definition) is 4. The summed E-state index contributed by atoms with van der Waals surface area (Å²) in [5.41, 5.74) is 13.6. The Morgan fingerprint density at radius 3 is 2.75 bits per heavy atom. The Morgan fingerprint density at radius 1 is 1.44 bits per heavy atom. The third-order valence-electron chi connectivity index (χ3n) is 2.75. The highest BCUT2D eigenvalue weighted by molar-refractivity contribution is 5.91. The zero-order chi connectivity index (χ0) is 11.9. The van der Waals surface area contributed by atoms with E-state index in [1.54, 1.807) is 4.57 Å². The minimum atomic E-state index is -0.405. The number of carbonyl (C=O) groups excluding carboxylic acids is 1. The van der Waals surface area contributed by atoms with Crippen molar-refractivity contribution in [1.82, 2.24) is 14.5 Å². The van der Waals surface area contributed by atoms with Gasteiger partial charge in [-0.05, 0) is 19.4 Å². The van der Waals surface area contributed by atoms with Crippen LogP contribution in [-0.4, -0.2) is 20.4 Å². The number of primary amides is 1. The highest BCUT2D eigenvalue weighted by atomic mass is 16.1. The number of aromatic nitrogens is 3. The molecule has 0 saturated carbocycles. The third-order valence-corrected chi connectivity index (χ3v) is 2.75. The molecule has 16 heavy (non-hydrogen) atoms. The zero-order valence-corrected chi connectivity index (χ0v) is 9.19. The Hall–Kier alpha value is -2.11. The summed E-state index contributed by atoms with van der Waals surface area (Å²) in [7, 11) is 0. The van der Waals surface area contributed by atoms with Crippen LogP contribution in [0.1, 0.15) is 11.3 Å². The van der Waals surface area contributed by atoms with Gasteiger partial charge in [-0.1, -0.05) is 0 Å². The smallest absolute Gasteiger partial charge is 0.237 e. The molecule has 0 fully saturated rings. The SMILES string of the molecule is Cc1c(C)n(CC(N)=O)c2ncnc(N)c12. The molecule has 1 amide bonds. The summed E-state index contributed by atoms with van der Waals surface area (Å²) in [6, 6.07) is 0. The van der Waals surface area contributed by atoms with Crippen LogP contribution >= 0.6 is 0 Å². The van der Waals surface area contributed by atoms with E-state index in [-0.39, 0.29) is 6.54 Å². The standard InChI is InChI=1S/C10H13N5O/c1-5-6(2)15(3-7(11)16)10-8(5)9(12)13-4-14-10/h4H,3H2,1-2H3,(H2,11,16)(H2,12,13,14). The molecule has 4 N–H and O–H groups in total. The van der Waals surface area contributed by atoms with Crippen LogP contribution in [0.15, 0.2) is 6.33 Å². The van der Waals surface area contributed by atoms with Gasteiger partial charge >= 0.3 is 0 Å². The van der Waals surface area contributed by atoms with Crippen molar-refractivity contribution in [1.29, 1.82) is 0 Å². The predicted octanol–water partition coefficient (Wildman–Crippen LogP) is 0.116. The summed E-state index contributed by atoms with van der Waals surface area (Å²) in [6.45, 7) is 3.93. The molecular formula is C10H13N5O. The minimum Gasteiger partial charge on any atom is -0.383 e. The first-order valence-corrected chi connectivity index (χ1v) is 4.86. The van der Waals surface area contributed by atoms with Gasteiger partial charge in [0.15, 0.2) is 0 Å². The monoisotopic (exact) mass is 219 g/mol. The molecule has 0 atom stereocenters. The maximum absolute atomic E-state index is 11.0. The molecule has 0 aliphatic heterocycles. The van der Waals surface area contributed by atoms with Gasteiger partial charge in [0.05, 0.1) is 5.39 Å². The van der Waals surface area contributed by atoms with Gasteiger partial charge in [-0.15, -0.1) is 0 Å². The van der Waals surface area contributed by atoms with Gasteiger partial charge < -0.3 is 16.0 Å². The fraction of sp³-hybridized carbons (Fsp3) is 0.300. The molecule has 6 heteroatoms. The fourth-order valence-electron chi connectivity index (χ4n) is 1.85. The molecule has 2 aromatic heterocycles. The van der Waals surface area contributed by atoms with E-state index in [9.17, 15) is 4.79 Å². The summed E-state index contributed by atoms with van der Waals surface area (Å²) in [4.78, 5) is 19.1. The first-order valence-electron chi connectivity index (χ1n) is 4.86. The molecule has 0 bridgehead atoms. The molecule has 0 aliphatic carbocycles. The molecule has 6 nitrogen and oxygen atoms in total. The van der Waals surface area contributed by atoms with Crippen molar-refractivity contribution in [2.75, 3.05) is 5.73 Å². The fourth-order valence-corrected chi connectivity index (χ4v) is 1.85. The molecule has 84 valence electrons. The maximum Gasteiger partial charge on any atom is 0.237 e. The quantitative estimate of drug-likeness (QED) is 0.748. The topological polar surface area (TPSA) is 99.8 Å². The molecule has 2 rings (SSSR count). The van der Waals surface area contributed by atoms with Crippen LogP contribution in [0.4, 0.5) is 5.82 Å². The Morgan fingerprint density at radius 2 is 2.12 bits per heavy atom. The van der Waals surface area contributed by atoms with Crippen molar-refractivity contribution >= 4 is 22.8 Å². The number of rotatable bonds is 2. The van der Waals surface area contributed by atoms with Crippen molar-refractivity contribution in [3.8, 4) is 0 Å². The summed E-state index contributed by atoms with van der Waals surface area (Å²) in [5, 5.41) is 0.793. The van der Waals surface area contributed by atoms with Gasteiger partial charge in [0.2, 0.25) is 5.91 Å². The number of nitrogens with zero attached hydrogens (tertiary/aromatic N) is 3. The van der Waals surface area contributed by atoms with Crippen LogP contribution < -0.4 is 11.5 Å². The van der Waals surface area contributed by atoms with Crippen molar-refractivity contribution in [2.24, 2.45) is 5.73 Å². The lowest BCUT2D eigenvalue weighted by atomic mass is 10.2. The van der Waals surface area contributed by atoms with Crippen molar-refractivity contribution in [3.63, 3.8) is 0 Å². The van der Waals surface area contributed by atoms with Gasteiger partial charge in [-0.2, -0.15) is 0 Å². The number of carbonyl (C=O) groups is 1. The second kappa shape index (κ2) is 3.48. The summed E-state index contributed by atoms with van der Waals surface area (Å²) >= 11 is 0. The first-order chi connectivity index (χ1) is 7.52. The zero-order valence-electron chi connectivity index (χ0n) is 9.19. The summed E-state index contributed by atoms with van der Waals surface area (Å²) in [5.74, 6) is 0.0194. The third kappa shape index (κ3) is 1.39. The lowest BCUT2D eigenvalue weighted by Gasteiger charge is -2.03. The summed E-state index contributed by atoms with van der Waals surface area (Å²) < 4.78 is 1.76. The van der Waals surface area contributed by atoms with Gasteiger partial charge in [0.25, 0.3) is 0 Å². The molecule has 0 aliphatic rings. The van der Waals surface area contributed by atoms with Gasteiger partial charge in [-0.3, -0.25) is 4.79 Å². The van der Waals surface area contributed by atoms with E-state index in [0.717, 1.165) is 16.6 Å². The van der Waals surface area contributed by atoms with Crippen LogP contribution in [0.3, 0.4) is 0 Å². The average Bonchev–Trinajstić information content (AvgIpc) is 2.44. The van der Waals surface area contributed by atoms with E-state index < -0.39 is 5.91 Å². The van der Waals surface area contributed by atoms with Crippen LogP contribution in [-0.2, 0) is 11.3 Å². The minimum absolute atomic E-state index is 0.104. The Bertz CT molecular complexity index is 572. The number of aryl methyl sites for hydroxylation is 1. The molecule has 2 heterocycles. The molecule has 0 radical (unpaired) electrons. The van der Waals surface area contributed by atoms with E-state index in [1.165, 1.54) is 6.33 Å². The highest BCUT2D eigenvalue weighted by Crippen LogP contribution is 2.26. The molecule has 0 unspecified atom stereocenters. The molecular weight excluding hydrogens is 206 g/mol. The van der Waals surface area contributed by atoms with E-state index in [1.807, 2.05) is 13.8 Å². The maximum atomic E-state index is 11.0. The largest absolute Gasteiger partial charge is 0.383 e. The van der Waals surface area contributed by atoms with E-state index >= 15 is 0 Å². The normalized spacial score (nSPS) is 10.9. The lowest BCUT2D eigenvalue weighted by Crippen LogP contribution is -2.19. The van der Waals surface area contributed by atoms with Crippen molar-refractivity contribution in [3.05, 3.63) is 17.6 Å². The number of fused-ring (bicyclic) bond motifs is 1. The average molecular weight is 219 g/mol. The van der Waals surface area contributed by atoms with Gasteiger partial charge in [0, 0.05) is 5.69 Å². The van der Waals surface area contributed by atoms with E-state index in [0.29, 0.717) is 11.5 Å². The number of anilines is 1. The Balaban J connectivity index is 2.79. The highest BCUT2D eigenvalue weighted by Gasteiger charge is 2.15. The van der Waals surface area contributed by atoms with Crippen LogP contribution in [0.5, 0.6) is 0 Å². The van der Waals surface area contributed by atoms with Crippen LogP contribution in [0.2, 0.25) is 0 Å². The number of nitrogens with two attached hydrogens (primary N) is 2. The number of nitrogen functional groups attached to an aromatic ring is 1. The number of amides is 1. The molecule has 0 saturated heterocycles. The molecule has 0 spiro atoms. The van der Waals surface area contributed by atoms with Gasteiger partial charge in [-0.25, -0.2) is 9.97 Å². The number of hydrogen-bond donors (Lipinski definition) is 2. The van der Waals surface area contributed by atoms with Crippen LogP contribution in [0.25, 0.3) is 11.0 Å². The van der Waals surface area contributed by atoms with E-state index in [4.69, 9.17) is 11.5 Å². The lowest BCUT2D eigenvalue weighted by molar-refractivity contribution is -0.118. The summed E-state index contributed by atoms with van der Waals surface area (Å²) in [6.07, 6.45) is 1.38. The van der Waals surface area contributed by atoms with Crippen molar-refractivity contribution in [2.45, 2.75) is 20.4 Å². The first kappa shape index (κ1) is 10.4. The van der Waals surface area contributed by atoms with Crippen molar-refractivity contribution < 1.29 is 4.79 Å². The Labute approximate surface area is 92.3 Å². The second-order valence-electron chi connectivity index (χ2n) is 3.72. The van der Waals surface area contributed by atoms with Crippen LogP contribution in [0, 0.1) is 13.8 Å². The Kier molecular flexibility index (Phi) is 2.26. The molecule has 0 aromatic carbocycles. The predicted molar refractivity (Wildman–Crippen MR) is 60.6 cm³/mol. The molecule has 2 aromatic rings. The second-order valence-corrected chi connectivity index (χ2v) is 3.72. The van der Waals surface area contributed by atoms with Gasteiger partial charge in [0.1, 0.15) is 24.3 Å². The van der Waals surface area contributed by atoms with E-state index in [2.05, 4.69) is 9.97 Å².